The van der Waals surface area contributed by atoms with E-state index in [9.17, 15) is 4.79 Å². The SMILES string of the molecule is Cc1cc2nc(C=O)cn2c2c(C)cccc12. The molecule has 0 saturated carbocycles. The van der Waals surface area contributed by atoms with E-state index in [1.54, 1.807) is 6.20 Å². The molecule has 0 saturated heterocycles. The van der Waals surface area contributed by atoms with Crippen molar-refractivity contribution >= 4 is 22.8 Å². The first kappa shape index (κ1) is 10.0. The molecular weight excluding hydrogens is 212 g/mol. The van der Waals surface area contributed by atoms with Gasteiger partial charge in [-0.15, -0.1) is 0 Å². The minimum atomic E-state index is 0.472. The number of carbonyl (C=O) groups excluding carboxylic acids is 1. The van der Waals surface area contributed by atoms with Crippen LogP contribution in [-0.2, 0) is 0 Å². The molecule has 1 aromatic carbocycles. The number of aromatic nitrogens is 2. The highest BCUT2D eigenvalue weighted by Gasteiger charge is 2.08. The largest absolute Gasteiger partial charge is 0.299 e. The Morgan fingerprint density at radius 2 is 2.06 bits per heavy atom. The highest BCUT2D eigenvalue weighted by Crippen LogP contribution is 2.24. The Morgan fingerprint density at radius 3 is 2.82 bits per heavy atom. The zero-order chi connectivity index (χ0) is 12.0. The molecule has 0 aliphatic heterocycles. The number of fused-ring (bicyclic) bond motifs is 3. The summed E-state index contributed by atoms with van der Waals surface area (Å²) in [6.07, 6.45) is 2.57. The van der Waals surface area contributed by atoms with E-state index >= 15 is 0 Å². The molecule has 0 fully saturated rings. The Labute approximate surface area is 98.7 Å². The highest BCUT2D eigenvalue weighted by atomic mass is 16.1. The summed E-state index contributed by atoms with van der Waals surface area (Å²) in [5.74, 6) is 0. The Balaban J connectivity index is 2.60. The first-order valence-corrected chi connectivity index (χ1v) is 5.54. The number of imidazole rings is 1. The van der Waals surface area contributed by atoms with Crippen LogP contribution in [0.2, 0.25) is 0 Å². The van der Waals surface area contributed by atoms with E-state index in [1.165, 1.54) is 16.5 Å². The average Bonchev–Trinajstić information content (AvgIpc) is 2.72. The Kier molecular flexibility index (Phi) is 2.01. The van der Waals surface area contributed by atoms with Gasteiger partial charge in [0.2, 0.25) is 0 Å². The maximum absolute atomic E-state index is 10.8. The van der Waals surface area contributed by atoms with Gasteiger partial charge >= 0.3 is 0 Å². The van der Waals surface area contributed by atoms with Crippen LogP contribution < -0.4 is 0 Å². The van der Waals surface area contributed by atoms with Gasteiger partial charge in [-0.25, -0.2) is 4.98 Å². The summed E-state index contributed by atoms with van der Waals surface area (Å²) >= 11 is 0. The molecule has 0 N–H and O–H groups in total. The number of benzene rings is 1. The first-order chi connectivity index (χ1) is 8.20. The predicted octanol–water partition coefficient (Wildman–Crippen LogP) is 2.92. The average molecular weight is 224 g/mol. The van der Waals surface area contributed by atoms with Crippen molar-refractivity contribution in [3.8, 4) is 0 Å². The van der Waals surface area contributed by atoms with Crippen molar-refractivity contribution in [3.05, 3.63) is 47.3 Å². The lowest BCUT2D eigenvalue weighted by molar-refractivity contribution is 0.111. The van der Waals surface area contributed by atoms with Gasteiger partial charge in [0, 0.05) is 11.6 Å². The van der Waals surface area contributed by atoms with E-state index in [-0.39, 0.29) is 0 Å². The van der Waals surface area contributed by atoms with Gasteiger partial charge < -0.3 is 0 Å². The molecular formula is C14H12N2O. The fourth-order valence-electron chi connectivity index (χ4n) is 2.32. The van der Waals surface area contributed by atoms with E-state index in [0.29, 0.717) is 5.69 Å². The highest BCUT2D eigenvalue weighted by molar-refractivity contribution is 5.89. The minimum absolute atomic E-state index is 0.472. The van der Waals surface area contributed by atoms with Crippen LogP contribution in [0.5, 0.6) is 0 Å². The molecule has 3 aromatic rings. The smallest absolute Gasteiger partial charge is 0.170 e. The van der Waals surface area contributed by atoms with Gasteiger partial charge in [-0.2, -0.15) is 0 Å². The molecule has 3 nitrogen and oxygen atoms in total. The molecule has 0 spiro atoms. The number of carbonyl (C=O) groups is 1. The van der Waals surface area contributed by atoms with Crippen LogP contribution in [0.25, 0.3) is 16.6 Å². The molecule has 0 atom stereocenters. The second-order valence-electron chi connectivity index (χ2n) is 4.31. The Bertz CT molecular complexity index is 741. The molecule has 17 heavy (non-hydrogen) atoms. The van der Waals surface area contributed by atoms with Crippen molar-refractivity contribution in [2.24, 2.45) is 0 Å². The van der Waals surface area contributed by atoms with Crippen molar-refractivity contribution in [1.29, 1.82) is 0 Å². The summed E-state index contributed by atoms with van der Waals surface area (Å²) in [5.41, 5.74) is 4.79. The number of pyridine rings is 1. The van der Waals surface area contributed by atoms with E-state index in [1.807, 2.05) is 16.5 Å². The van der Waals surface area contributed by atoms with Crippen molar-refractivity contribution in [2.75, 3.05) is 0 Å². The lowest BCUT2D eigenvalue weighted by Crippen LogP contribution is -1.92. The molecule has 0 aliphatic rings. The second kappa shape index (κ2) is 3.42. The van der Waals surface area contributed by atoms with Gasteiger partial charge in [0.05, 0.1) is 5.52 Å². The standard InChI is InChI=1S/C14H12N2O/c1-9-4-3-5-12-10(2)6-13-15-11(8-17)7-16(13)14(9)12/h3-8H,1-2H3. The van der Waals surface area contributed by atoms with E-state index in [4.69, 9.17) is 0 Å². The fourth-order valence-corrected chi connectivity index (χ4v) is 2.32. The molecule has 0 unspecified atom stereocenters. The van der Waals surface area contributed by atoms with Gasteiger partial charge in [-0.05, 0) is 31.0 Å². The summed E-state index contributed by atoms with van der Waals surface area (Å²) in [6.45, 7) is 4.14. The minimum Gasteiger partial charge on any atom is -0.299 e. The van der Waals surface area contributed by atoms with Gasteiger partial charge in [0.15, 0.2) is 6.29 Å². The van der Waals surface area contributed by atoms with Gasteiger partial charge in [-0.1, -0.05) is 18.2 Å². The maximum Gasteiger partial charge on any atom is 0.170 e. The summed E-state index contributed by atoms with van der Waals surface area (Å²) in [5, 5.41) is 1.20. The van der Waals surface area contributed by atoms with Crippen LogP contribution >= 0.6 is 0 Å². The summed E-state index contributed by atoms with van der Waals surface area (Å²) in [6, 6.07) is 8.22. The molecule has 84 valence electrons. The quantitative estimate of drug-likeness (QED) is 0.595. The Morgan fingerprint density at radius 1 is 1.24 bits per heavy atom. The van der Waals surface area contributed by atoms with Crippen molar-refractivity contribution in [2.45, 2.75) is 13.8 Å². The number of aldehydes is 1. The number of hydrogen-bond donors (Lipinski definition) is 0. The molecule has 0 amide bonds. The van der Waals surface area contributed by atoms with Gasteiger partial charge in [0.1, 0.15) is 11.3 Å². The second-order valence-corrected chi connectivity index (χ2v) is 4.31. The number of aryl methyl sites for hydroxylation is 2. The van der Waals surface area contributed by atoms with Crippen LogP contribution in [0, 0.1) is 13.8 Å². The fraction of sp³-hybridized carbons (Fsp3) is 0.143. The van der Waals surface area contributed by atoms with E-state index in [2.05, 4.69) is 31.0 Å². The molecule has 2 heterocycles. The number of para-hydroxylation sites is 1. The number of nitrogens with zero attached hydrogens (tertiary/aromatic N) is 2. The van der Waals surface area contributed by atoms with Crippen molar-refractivity contribution in [3.63, 3.8) is 0 Å². The van der Waals surface area contributed by atoms with Gasteiger partial charge in [0.25, 0.3) is 0 Å². The van der Waals surface area contributed by atoms with Crippen molar-refractivity contribution < 1.29 is 4.79 Å². The van der Waals surface area contributed by atoms with E-state index < -0.39 is 0 Å². The van der Waals surface area contributed by atoms with Crippen LogP contribution in [-0.4, -0.2) is 15.7 Å². The van der Waals surface area contributed by atoms with Crippen LogP contribution in [0.15, 0.2) is 30.5 Å². The first-order valence-electron chi connectivity index (χ1n) is 5.54. The monoisotopic (exact) mass is 224 g/mol. The van der Waals surface area contributed by atoms with E-state index in [0.717, 1.165) is 17.5 Å². The summed E-state index contributed by atoms with van der Waals surface area (Å²) < 4.78 is 1.99. The molecule has 3 rings (SSSR count). The number of rotatable bonds is 1. The number of hydrogen-bond acceptors (Lipinski definition) is 2. The summed E-state index contributed by atoms with van der Waals surface area (Å²) in [7, 11) is 0. The normalized spacial score (nSPS) is 11.2. The van der Waals surface area contributed by atoms with Gasteiger partial charge in [-0.3, -0.25) is 9.20 Å². The van der Waals surface area contributed by atoms with Crippen molar-refractivity contribution in [1.82, 2.24) is 9.38 Å². The van der Waals surface area contributed by atoms with Crippen LogP contribution in [0.1, 0.15) is 21.6 Å². The lowest BCUT2D eigenvalue weighted by atomic mass is 10.1. The molecule has 0 bridgehead atoms. The Hall–Kier alpha value is -2.16. The third-order valence-corrected chi connectivity index (χ3v) is 3.12. The molecule has 3 heteroatoms. The summed E-state index contributed by atoms with van der Waals surface area (Å²) in [4.78, 5) is 15.1. The molecule has 0 aliphatic carbocycles. The third-order valence-electron chi connectivity index (χ3n) is 3.12. The molecule has 2 aromatic heterocycles. The zero-order valence-corrected chi connectivity index (χ0v) is 9.77. The van der Waals surface area contributed by atoms with Crippen LogP contribution in [0.4, 0.5) is 0 Å². The lowest BCUT2D eigenvalue weighted by Gasteiger charge is -2.07. The zero-order valence-electron chi connectivity index (χ0n) is 9.77. The third kappa shape index (κ3) is 1.35. The maximum atomic E-state index is 10.8. The van der Waals surface area contributed by atoms with Crippen LogP contribution in [0.3, 0.4) is 0 Å². The predicted molar refractivity (Wildman–Crippen MR) is 67.6 cm³/mol. The molecule has 0 radical (unpaired) electrons. The topological polar surface area (TPSA) is 34.4 Å².